The molecule has 3 N–H and O–H groups in total. The standard InChI is InChI=1S/C27H28N4O4/c1-35-27(33)22(17-18-6-4-7-21(16-18)25(28)29)24-9-5-14-30(24)26(32)20-12-10-19(11-13-20)23-8-2-3-15-31(23)34/h2-4,6-8,10-13,15-16,22,24H,5,9,14,17H2,1H3,(H3,28,29). The van der Waals surface area contributed by atoms with E-state index in [1.807, 2.05) is 6.07 Å². The molecule has 1 fully saturated rings. The largest absolute Gasteiger partial charge is 0.618 e. The minimum atomic E-state index is -0.545. The first-order chi connectivity index (χ1) is 16.9. The van der Waals surface area contributed by atoms with Gasteiger partial charge in [0.25, 0.3) is 5.91 Å². The Hall–Kier alpha value is -4.20. The van der Waals surface area contributed by atoms with E-state index in [1.54, 1.807) is 65.6 Å². The predicted molar refractivity (Wildman–Crippen MR) is 132 cm³/mol. The molecule has 3 aromatic rings. The molecule has 0 spiro atoms. The number of hydrogen-bond donors (Lipinski definition) is 2. The molecule has 4 rings (SSSR count). The van der Waals surface area contributed by atoms with Crippen molar-refractivity contribution < 1.29 is 19.1 Å². The highest BCUT2D eigenvalue weighted by molar-refractivity contribution is 5.96. The van der Waals surface area contributed by atoms with Crippen molar-refractivity contribution in [2.24, 2.45) is 11.7 Å². The highest BCUT2D eigenvalue weighted by atomic mass is 16.5. The van der Waals surface area contributed by atoms with E-state index < -0.39 is 5.92 Å². The van der Waals surface area contributed by atoms with Gasteiger partial charge in [-0.05, 0) is 61.2 Å². The van der Waals surface area contributed by atoms with Crippen molar-refractivity contribution in [3.8, 4) is 11.3 Å². The molecule has 1 amide bonds. The molecule has 0 radical (unpaired) electrons. The van der Waals surface area contributed by atoms with Crippen LogP contribution in [0.3, 0.4) is 0 Å². The van der Waals surface area contributed by atoms with Crippen molar-refractivity contribution in [1.29, 1.82) is 5.41 Å². The molecule has 1 aliphatic heterocycles. The van der Waals surface area contributed by atoms with Crippen molar-refractivity contribution in [2.45, 2.75) is 25.3 Å². The molecule has 8 nitrogen and oxygen atoms in total. The number of ether oxygens (including phenoxy) is 1. The van der Waals surface area contributed by atoms with Gasteiger partial charge in [-0.3, -0.25) is 15.0 Å². The lowest BCUT2D eigenvalue weighted by Crippen LogP contribution is -2.44. The van der Waals surface area contributed by atoms with Crippen LogP contribution in [0.4, 0.5) is 0 Å². The van der Waals surface area contributed by atoms with E-state index in [4.69, 9.17) is 15.9 Å². The molecule has 2 aromatic carbocycles. The van der Waals surface area contributed by atoms with Gasteiger partial charge in [0, 0.05) is 41.4 Å². The van der Waals surface area contributed by atoms with Crippen LogP contribution in [0.2, 0.25) is 0 Å². The minimum Gasteiger partial charge on any atom is -0.618 e. The first-order valence-electron chi connectivity index (χ1n) is 11.5. The van der Waals surface area contributed by atoms with Crippen LogP contribution in [0.1, 0.15) is 34.3 Å². The Kier molecular flexibility index (Phi) is 7.10. The summed E-state index contributed by atoms with van der Waals surface area (Å²) in [5.74, 6) is -1.12. The van der Waals surface area contributed by atoms with Crippen LogP contribution >= 0.6 is 0 Å². The first-order valence-corrected chi connectivity index (χ1v) is 11.5. The Labute approximate surface area is 204 Å². The van der Waals surface area contributed by atoms with Gasteiger partial charge in [-0.1, -0.05) is 18.2 Å². The van der Waals surface area contributed by atoms with Crippen LogP contribution in [0, 0.1) is 16.5 Å². The molecule has 1 saturated heterocycles. The molecular weight excluding hydrogens is 444 g/mol. The number of pyridine rings is 1. The molecule has 0 aliphatic carbocycles. The normalized spacial score (nSPS) is 16.0. The number of esters is 1. The number of benzene rings is 2. The summed E-state index contributed by atoms with van der Waals surface area (Å²) < 4.78 is 5.90. The zero-order valence-corrected chi connectivity index (χ0v) is 19.5. The highest BCUT2D eigenvalue weighted by Gasteiger charge is 2.39. The number of aromatic nitrogens is 1. The van der Waals surface area contributed by atoms with Crippen molar-refractivity contribution in [3.05, 3.63) is 94.8 Å². The molecule has 180 valence electrons. The van der Waals surface area contributed by atoms with Crippen LogP contribution in [-0.4, -0.2) is 42.3 Å². The third kappa shape index (κ3) is 5.16. The molecule has 1 aromatic heterocycles. The summed E-state index contributed by atoms with van der Waals surface area (Å²) in [6.45, 7) is 0.547. The van der Waals surface area contributed by atoms with Gasteiger partial charge in [-0.25, -0.2) is 0 Å². The second-order valence-electron chi connectivity index (χ2n) is 8.64. The molecule has 1 aliphatic rings. The number of amides is 1. The highest BCUT2D eigenvalue weighted by Crippen LogP contribution is 2.30. The number of likely N-dealkylation sites (tertiary alicyclic amines) is 1. The maximum absolute atomic E-state index is 13.4. The van der Waals surface area contributed by atoms with Crippen LogP contribution in [0.25, 0.3) is 11.3 Å². The molecule has 0 saturated carbocycles. The number of nitrogens with zero attached hydrogens (tertiary/aromatic N) is 2. The average Bonchev–Trinajstić information content (AvgIpc) is 3.36. The Morgan fingerprint density at radius 3 is 2.60 bits per heavy atom. The number of amidine groups is 1. The van der Waals surface area contributed by atoms with Crippen molar-refractivity contribution in [2.75, 3.05) is 13.7 Å². The second-order valence-corrected chi connectivity index (χ2v) is 8.64. The van der Waals surface area contributed by atoms with E-state index in [9.17, 15) is 14.8 Å². The van der Waals surface area contributed by atoms with E-state index in [2.05, 4.69) is 0 Å². The van der Waals surface area contributed by atoms with Gasteiger partial charge in [0.1, 0.15) is 5.84 Å². The molecule has 0 bridgehead atoms. The van der Waals surface area contributed by atoms with E-state index in [-0.39, 0.29) is 23.8 Å². The lowest BCUT2D eigenvalue weighted by Gasteiger charge is -2.30. The van der Waals surface area contributed by atoms with Crippen LogP contribution in [0.5, 0.6) is 0 Å². The lowest BCUT2D eigenvalue weighted by atomic mass is 9.89. The molecule has 35 heavy (non-hydrogen) atoms. The zero-order chi connectivity index (χ0) is 24.9. The van der Waals surface area contributed by atoms with Crippen LogP contribution in [0.15, 0.2) is 72.9 Å². The van der Waals surface area contributed by atoms with Crippen LogP contribution < -0.4 is 10.5 Å². The zero-order valence-electron chi connectivity index (χ0n) is 19.5. The maximum Gasteiger partial charge on any atom is 0.311 e. The Balaban J connectivity index is 1.57. The fourth-order valence-electron chi connectivity index (χ4n) is 4.71. The number of nitrogen functional groups attached to an aromatic ring is 1. The summed E-state index contributed by atoms with van der Waals surface area (Å²) in [5, 5.41) is 19.7. The van der Waals surface area contributed by atoms with Gasteiger partial charge < -0.3 is 20.6 Å². The summed E-state index contributed by atoms with van der Waals surface area (Å²) in [7, 11) is 1.35. The number of nitrogens with two attached hydrogens (primary N) is 1. The van der Waals surface area contributed by atoms with Crippen molar-refractivity contribution in [3.63, 3.8) is 0 Å². The monoisotopic (exact) mass is 472 g/mol. The SMILES string of the molecule is COC(=O)C(Cc1cccc(C(=N)N)c1)C1CCCN1C(=O)c1ccc(-c2cccc[n+]2[O-])cc1. The first kappa shape index (κ1) is 23.9. The van der Waals surface area contributed by atoms with E-state index in [0.717, 1.165) is 16.7 Å². The number of methoxy groups -OCH3 is 1. The van der Waals surface area contributed by atoms with Gasteiger partial charge >= 0.3 is 5.97 Å². The van der Waals surface area contributed by atoms with E-state index >= 15 is 0 Å². The third-order valence-electron chi connectivity index (χ3n) is 6.47. The average molecular weight is 473 g/mol. The molecular formula is C27H28N4O4. The van der Waals surface area contributed by atoms with Gasteiger partial charge in [0.15, 0.2) is 6.20 Å². The van der Waals surface area contributed by atoms with Gasteiger partial charge in [-0.2, -0.15) is 4.73 Å². The Bertz CT molecular complexity index is 1240. The van der Waals surface area contributed by atoms with Crippen LogP contribution in [-0.2, 0) is 16.0 Å². The molecule has 2 heterocycles. The second kappa shape index (κ2) is 10.4. The van der Waals surface area contributed by atoms with Gasteiger partial charge in [-0.15, -0.1) is 0 Å². The fourth-order valence-corrected chi connectivity index (χ4v) is 4.71. The van der Waals surface area contributed by atoms with E-state index in [1.165, 1.54) is 13.3 Å². The summed E-state index contributed by atoms with van der Waals surface area (Å²) in [6.07, 6.45) is 3.28. The van der Waals surface area contributed by atoms with Gasteiger partial charge in [0.2, 0.25) is 5.69 Å². The Morgan fingerprint density at radius 1 is 1.14 bits per heavy atom. The number of carbonyl (C=O) groups is 2. The minimum absolute atomic E-state index is 0.0411. The topological polar surface area (TPSA) is 123 Å². The van der Waals surface area contributed by atoms with E-state index in [0.29, 0.717) is 41.8 Å². The fraction of sp³-hybridized carbons (Fsp3) is 0.259. The summed E-state index contributed by atoms with van der Waals surface area (Å²) in [5.41, 5.74) is 8.78. The number of rotatable bonds is 7. The quantitative estimate of drug-likeness (QED) is 0.180. The third-order valence-corrected chi connectivity index (χ3v) is 6.47. The number of nitrogens with one attached hydrogen (secondary N) is 1. The predicted octanol–water partition coefficient (Wildman–Crippen LogP) is 2.91. The maximum atomic E-state index is 13.4. The number of carbonyl (C=O) groups excluding carboxylic acids is 2. The Morgan fingerprint density at radius 2 is 1.91 bits per heavy atom. The smallest absolute Gasteiger partial charge is 0.311 e. The summed E-state index contributed by atoms with van der Waals surface area (Å²) in [6, 6.07) is 19.0. The van der Waals surface area contributed by atoms with Crippen molar-refractivity contribution >= 4 is 17.7 Å². The molecule has 8 heteroatoms. The molecule has 2 unspecified atom stereocenters. The molecule has 2 atom stereocenters. The van der Waals surface area contributed by atoms with Gasteiger partial charge in [0.05, 0.1) is 13.0 Å². The summed E-state index contributed by atoms with van der Waals surface area (Å²) in [4.78, 5) is 28.0. The lowest BCUT2D eigenvalue weighted by molar-refractivity contribution is -0.593. The number of hydrogen-bond acceptors (Lipinski definition) is 5. The summed E-state index contributed by atoms with van der Waals surface area (Å²) >= 11 is 0. The van der Waals surface area contributed by atoms with Crippen molar-refractivity contribution in [1.82, 2.24) is 4.90 Å².